The minimum Gasteiger partial charge on any atom is -0.454 e. The highest BCUT2D eigenvalue weighted by Crippen LogP contribution is 2.32. The van der Waals surface area contributed by atoms with E-state index in [4.69, 9.17) is 9.47 Å². The Morgan fingerprint density at radius 3 is 2.82 bits per heavy atom. The monoisotopic (exact) mass is 378 g/mol. The summed E-state index contributed by atoms with van der Waals surface area (Å²) in [4.78, 5) is 27.2. The predicted octanol–water partition coefficient (Wildman–Crippen LogP) is 2.86. The van der Waals surface area contributed by atoms with E-state index in [1.165, 1.54) is 0 Å². The van der Waals surface area contributed by atoms with Crippen LogP contribution in [-0.4, -0.2) is 24.2 Å². The topological polar surface area (TPSA) is 80.4 Å². The van der Waals surface area contributed by atoms with Crippen LogP contribution in [0.3, 0.4) is 0 Å². The van der Waals surface area contributed by atoms with E-state index in [0.717, 1.165) is 33.5 Å². The maximum Gasteiger partial charge on any atom is 0.251 e. The van der Waals surface area contributed by atoms with Gasteiger partial charge in [0.05, 0.1) is 0 Å². The molecule has 6 nitrogen and oxygen atoms in total. The predicted molar refractivity (Wildman–Crippen MR) is 107 cm³/mol. The SMILES string of the molecule is Cc1ccc2[nH]c(=O)c(CCNC(=O)CCc3ccc4c(c3)OCO4)cc2c1. The number of carbonyl (C=O) groups excluding carboxylic acids is 1. The third kappa shape index (κ3) is 4.01. The average molecular weight is 378 g/mol. The summed E-state index contributed by atoms with van der Waals surface area (Å²) in [7, 11) is 0. The molecule has 144 valence electrons. The zero-order valence-corrected chi connectivity index (χ0v) is 15.7. The summed E-state index contributed by atoms with van der Waals surface area (Å²) >= 11 is 0. The van der Waals surface area contributed by atoms with Crippen molar-refractivity contribution in [1.29, 1.82) is 0 Å². The lowest BCUT2D eigenvalue weighted by atomic mass is 10.1. The van der Waals surface area contributed by atoms with Gasteiger partial charge in [-0.15, -0.1) is 0 Å². The molecule has 1 aromatic heterocycles. The summed E-state index contributed by atoms with van der Waals surface area (Å²) in [5.41, 5.74) is 3.57. The lowest BCUT2D eigenvalue weighted by molar-refractivity contribution is -0.121. The molecule has 6 heteroatoms. The maximum absolute atomic E-state index is 12.2. The number of amides is 1. The van der Waals surface area contributed by atoms with Gasteiger partial charge in [-0.1, -0.05) is 17.7 Å². The Bertz CT molecular complexity index is 1090. The van der Waals surface area contributed by atoms with E-state index in [1.807, 2.05) is 49.4 Å². The van der Waals surface area contributed by atoms with Crippen molar-refractivity contribution >= 4 is 16.8 Å². The maximum atomic E-state index is 12.2. The Morgan fingerprint density at radius 1 is 1.07 bits per heavy atom. The number of aryl methyl sites for hydroxylation is 2. The molecule has 1 aliphatic rings. The van der Waals surface area contributed by atoms with Crippen LogP contribution in [0.25, 0.3) is 10.9 Å². The zero-order valence-electron chi connectivity index (χ0n) is 15.7. The molecule has 0 unspecified atom stereocenters. The van der Waals surface area contributed by atoms with Gasteiger partial charge < -0.3 is 19.8 Å². The number of rotatable bonds is 6. The Morgan fingerprint density at radius 2 is 1.93 bits per heavy atom. The summed E-state index contributed by atoms with van der Waals surface area (Å²) in [6.45, 7) is 2.69. The minimum atomic E-state index is -0.106. The van der Waals surface area contributed by atoms with Gasteiger partial charge >= 0.3 is 0 Å². The molecule has 1 amide bonds. The first-order valence-electron chi connectivity index (χ1n) is 9.36. The van der Waals surface area contributed by atoms with Crippen molar-refractivity contribution in [2.24, 2.45) is 0 Å². The molecule has 2 aromatic carbocycles. The summed E-state index contributed by atoms with van der Waals surface area (Å²) in [6.07, 6.45) is 1.50. The number of nitrogens with one attached hydrogen (secondary N) is 2. The van der Waals surface area contributed by atoms with E-state index in [1.54, 1.807) is 0 Å². The van der Waals surface area contributed by atoms with Crippen molar-refractivity contribution in [2.45, 2.75) is 26.2 Å². The highest BCUT2D eigenvalue weighted by Gasteiger charge is 2.13. The van der Waals surface area contributed by atoms with Gasteiger partial charge in [0.2, 0.25) is 12.7 Å². The van der Waals surface area contributed by atoms with Crippen molar-refractivity contribution in [3.8, 4) is 11.5 Å². The molecule has 3 aromatic rings. The second-order valence-electron chi connectivity index (χ2n) is 7.00. The van der Waals surface area contributed by atoms with Crippen LogP contribution < -0.4 is 20.3 Å². The van der Waals surface area contributed by atoms with Crippen LogP contribution in [0.15, 0.2) is 47.3 Å². The molecule has 0 radical (unpaired) electrons. The quantitative estimate of drug-likeness (QED) is 0.691. The Kier molecular flexibility index (Phi) is 5.02. The Balaban J connectivity index is 1.30. The lowest BCUT2D eigenvalue weighted by Crippen LogP contribution is -2.27. The number of ether oxygens (including phenoxy) is 2. The molecule has 0 bridgehead atoms. The van der Waals surface area contributed by atoms with Gasteiger partial charge in [0.25, 0.3) is 5.56 Å². The van der Waals surface area contributed by atoms with Crippen molar-refractivity contribution in [3.63, 3.8) is 0 Å². The number of fused-ring (bicyclic) bond motifs is 2. The van der Waals surface area contributed by atoms with Crippen LogP contribution in [0, 0.1) is 6.92 Å². The van der Waals surface area contributed by atoms with Crippen molar-refractivity contribution < 1.29 is 14.3 Å². The third-order valence-electron chi connectivity index (χ3n) is 4.87. The fraction of sp³-hybridized carbons (Fsp3) is 0.273. The zero-order chi connectivity index (χ0) is 19.5. The lowest BCUT2D eigenvalue weighted by Gasteiger charge is -2.07. The molecule has 2 heterocycles. The second kappa shape index (κ2) is 7.76. The number of pyridine rings is 1. The van der Waals surface area contributed by atoms with Crippen LogP contribution in [0.5, 0.6) is 11.5 Å². The van der Waals surface area contributed by atoms with Gasteiger partial charge in [-0.3, -0.25) is 9.59 Å². The van der Waals surface area contributed by atoms with Gasteiger partial charge in [-0.2, -0.15) is 0 Å². The average Bonchev–Trinajstić information content (AvgIpc) is 3.15. The van der Waals surface area contributed by atoms with Crippen molar-refractivity contribution in [3.05, 3.63) is 69.5 Å². The number of aromatic nitrogens is 1. The van der Waals surface area contributed by atoms with Gasteiger partial charge in [0.1, 0.15) is 0 Å². The van der Waals surface area contributed by atoms with E-state index in [9.17, 15) is 9.59 Å². The van der Waals surface area contributed by atoms with E-state index >= 15 is 0 Å². The molecule has 0 saturated heterocycles. The first-order chi connectivity index (χ1) is 13.6. The van der Waals surface area contributed by atoms with Crippen molar-refractivity contribution in [2.75, 3.05) is 13.3 Å². The van der Waals surface area contributed by atoms with E-state index in [2.05, 4.69) is 10.3 Å². The Hall–Kier alpha value is -3.28. The van der Waals surface area contributed by atoms with Crippen LogP contribution >= 0.6 is 0 Å². The molecule has 0 atom stereocenters. The molecule has 2 N–H and O–H groups in total. The number of aromatic amines is 1. The number of benzene rings is 2. The standard InChI is InChI=1S/C22H22N2O4/c1-14-2-5-18-17(10-14)12-16(22(26)24-18)8-9-23-21(25)7-4-15-3-6-19-20(11-15)28-13-27-19/h2-3,5-6,10-12H,4,7-9,13H2,1H3,(H,23,25)(H,24,26). The highest BCUT2D eigenvalue weighted by molar-refractivity contribution is 5.79. The summed E-state index contributed by atoms with van der Waals surface area (Å²) in [5, 5.41) is 3.90. The molecule has 0 spiro atoms. The molecule has 0 aliphatic carbocycles. The fourth-order valence-corrected chi connectivity index (χ4v) is 3.34. The smallest absolute Gasteiger partial charge is 0.251 e. The van der Waals surface area contributed by atoms with Gasteiger partial charge in [0.15, 0.2) is 11.5 Å². The van der Waals surface area contributed by atoms with Crippen LogP contribution in [0.2, 0.25) is 0 Å². The number of H-pyrrole nitrogens is 1. The van der Waals surface area contributed by atoms with Gasteiger partial charge in [0, 0.05) is 24.0 Å². The molecule has 0 saturated carbocycles. The largest absolute Gasteiger partial charge is 0.454 e. The third-order valence-corrected chi connectivity index (χ3v) is 4.87. The number of carbonyl (C=O) groups is 1. The van der Waals surface area contributed by atoms with Crippen molar-refractivity contribution in [1.82, 2.24) is 10.3 Å². The van der Waals surface area contributed by atoms with Crippen LogP contribution in [0.1, 0.15) is 23.1 Å². The van der Waals surface area contributed by atoms with Gasteiger partial charge in [-0.25, -0.2) is 0 Å². The van der Waals surface area contributed by atoms with Crippen LogP contribution in [-0.2, 0) is 17.6 Å². The molecular weight excluding hydrogens is 356 g/mol. The van der Waals surface area contributed by atoms with Gasteiger partial charge in [-0.05, 0) is 61.0 Å². The molecule has 0 fully saturated rings. The highest BCUT2D eigenvalue weighted by atomic mass is 16.7. The summed E-state index contributed by atoms with van der Waals surface area (Å²) in [6, 6.07) is 13.5. The summed E-state index contributed by atoms with van der Waals surface area (Å²) in [5.74, 6) is 1.43. The molecular formula is C22H22N2O4. The normalized spacial score (nSPS) is 12.3. The minimum absolute atomic E-state index is 0.0364. The summed E-state index contributed by atoms with van der Waals surface area (Å²) < 4.78 is 10.6. The molecule has 4 rings (SSSR count). The number of hydrogen-bond donors (Lipinski definition) is 2. The van der Waals surface area contributed by atoms with E-state index in [0.29, 0.717) is 31.4 Å². The first kappa shape index (κ1) is 18.1. The van der Waals surface area contributed by atoms with Crippen LogP contribution in [0.4, 0.5) is 0 Å². The number of hydrogen-bond acceptors (Lipinski definition) is 4. The van der Waals surface area contributed by atoms with E-state index in [-0.39, 0.29) is 18.3 Å². The fourth-order valence-electron chi connectivity index (χ4n) is 3.34. The molecule has 1 aliphatic heterocycles. The second-order valence-corrected chi connectivity index (χ2v) is 7.00. The Labute approximate surface area is 162 Å². The van der Waals surface area contributed by atoms with E-state index < -0.39 is 0 Å². The molecule has 28 heavy (non-hydrogen) atoms. The first-order valence-corrected chi connectivity index (χ1v) is 9.36.